The van der Waals surface area contributed by atoms with Crippen LogP contribution in [0.5, 0.6) is 0 Å². The molecule has 5 nitrogen and oxygen atoms in total. The van der Waals surface area contributed by atoms with Gasteiger partial charge in [-0.3, -0.25) is 4.79 Å². The second kappa shape index (κ2) is 5.57. The van der Waals surface area contributed by atoms with Gasteiger partial charge >= 0.3 is 0 Å². The number of aromatic amines is 2. The molecule has 6 heteroatoms. The maximum absolute atomic E-state index is 12.7. The highest BCUT2D eigenvalue weighted by atomic mass is 32.1. The van der Waals surface area contributed by atoms with Crippen molar-refractivity contribution in [3.8, 4) is 22.5 Å². The topological polar surface area (TPSA) is 87.6 Å². The van der Waals surface area contributed by atoms with E-state index in [1.54, 1.807) is 11.3 Å². The number of imidazole rings is 1. The second-order valence-electron chi connectivity index (χ2n) is 6.12. The molecule has 0 saturated heterocycles. The lowest BCUT2D eigenvalue weighted by Crippen LogP contribution is -2.13. The lowest BCUT2D eigenvalue weighted by molar-refractivity contribution is 1.25. The minimum Gasteiger partial charge on any atom is -0.397 e. The summed E-state index contributed by atoms with van der Waals surface area (Å²) in [6.45, 7) is 0. The molecule has 0 fully saturated rings. The molecule has 0 aliphatic rings. The van der Waals surface area contributed by atoms with Crippen molar-refractivity contribution in [3.63, 3.8) is 0 Å². The zero-order valence-corrected chi connectivity index (χ0v) is 14.4. The van der Waals surface area contributed by atoms with Crippen LogP contribution >= 0.6 is 11.3 Å². The Morgan fingerprint density at radius 1 is 0.962 bits per heavy atom. The van der Waals surface area contributed by atoms with Crippen LogP contribution in [0.2, 0.25) is 0 Å². The van der Waals surface area contributed by atoms with Crippen molar-refractivity contribution in [1.82, 2.24) is 15.0 Å². The molecule has 0 atom stereocenters. The number of thiophene rings is 1. The monoisotopic (exact) mass is 358 g/mol. The van der Waals surface area contributed by atoms with E-state index in [0.717, 1.165) is 33.1 Å². The molecule has 4 N–H and O–H groups in total. The number of nitrogen functional groups attached to an aromatic ring is 1. The lowest BCUT2D eigenvalue weighted by Gasteiger charge is -2.08. The number of benzene rings is 2. The summed E-state index contributed by atoms with van der Waals surface area (Å²) < 4.78 is 0. The fraction of sp³-hybridized carbons (Fsp3) is 0. The maximum Gasteiger partial charge on any atom is 0.261 e. The standard InChI is InChI=1S/C20H14N4OS/c21-18-13-6-5-11(12-7-8-26-10-12)9-16(13)24-20(25)17(18)19-22-14-3-1-2-4-15(14)23-19/h1-10H,(H,22,23)(H3,21,24,25). The van der Waals surface area contributed by atoms with Crippen LogP contribution in [0.15, 0.2) is 64.1 Å². The van der Waals surface area contributed by atoms with E-state index in [9.17, 15) is 4.79 Å². The molecular weight excluding hydrogens is 344 g/mol. The van der Waals surface area contributed by atoms with Gasteiger partial charge in [-0.2, -0.15) is 11.3 Å². The van der Waals surface area contributed by atoms with Crippen LogP contribution in [0, 0.1) is 0 Å². The molecule has 0 aliphatic carbocycles. The minimum absolute atomic E-state index is 0.253. The van der Waals surface area contributed by atoms with Gasteiger partial charge in [0.15, 0.2) is 0 Å². The number of nitrogens with two attached hydrogens (primary N) is 1. The summed E-state index contributed by atoms with van der Waals surface area (Å²) in [4.78, 5) is 23.4. The first kappa shape index (κ1) is 14.9. The van der Waals surface area contributed by atoms with Crippen molar-refractivity contribution in [2.45, 2.75) is 0 Å². The largest absolute Gasteiger partial charge is 0.397 e. The van der Waals surface area contributed by atoms with Crippen molar-refractivity contribution < 1.29 is 0 Å². The Labute approximate surface area is 152 Å². The van der Waals surface area contributed by atoms with Crippen LogP contribution < -0.4 is 11.3 Å². The van der Waals surface area contributed by atoms with E-state index < -0.39 is 0 Å². The number of hydrogen-bond donors (Lipinski definition) is 3. The molecule has 0 bridgehead atoms. The normalized spacial score (nSPS) is 11.4. The summed E-state index contributed by atoms with van der Waals surface area (Å²) in [6, 6.07) is 15.6. The first-order valence-corrected chi connectivity index (χ1v) is 9.08. The van der Waals surface area contributed by atoms with Gasteiger partial charge in [-0.05, 0) is 46.2 Å². The highest BCUT2D eigenvalue weighted by Crippen LogP contribution is 2.31. The van der Waals surface area contributed by atoms with E-state index in [-0.39, 0.29) is 5.56 Å². The number of hydrogen-bond acceptors (Lipinski definition) is 4. The fourth-order valence-corrected chi connectivity index (χ4v) is 3.90. The average Bonchev–Trinajstić information content (AvgIpc) is 3.31. The van der Waals surface area contributed by atoms with Gasteiger partial charge in [0.1, 0.15) is 11.4 Å². The van der Waals surface area contributed by atoms with Crippen molar-refractivity contribution in [1.29, 1.82) is 0 Å². The average molecular weight is 358 g/mol. The summed E-state index contributed by atoms with van der Waals surface area (Å²) in [6.07, 6.45) is 0. The smallest absolute Gasteiger partial charge is 0.261 e. The van der Waals surface area contributed by atoms with Crippen LogP contribution in [-0.4, -0.2) is 15.0 Å². The number of rotatable bonds is 2. The summed E-state index contributed by atoms with van der Waals surface area (Å²) in [5, 5.41) is 4.91. The number of nitrogens with zero attached hydrogens (tertiary/aromatic N) is 1. The molecular formula is C20H14N4OS. The Bertz CT molecular complexity index is 1280. The molecule has 0 saturated carbocycles. The van der Waals surface area contributed by atoms with Gasteiger partial charge in [-0.15, -0.1) is 0 Å². The van der Waals surface area contributed by atoms with Gasteiger partial charge in [0, 0.05) is 5.39 Å². The molecule has 0 amide bonds. The number of pyridine rings is 1. The number of aromatic nitrogens is 3. The zero-order valence-electron chi connectivity index (χ0n) is 13.6. The van der Waals surface area contributed by atoms with Gasteiger partial charge in [-0.25, -0.2) is 4.98 Å². The van der Waals surface area contributed by atoms with Gasteiger partial charge in [0.25, 0.3) is 5.56 Å². The summed E-state index contributed by atoms with van der Waals surface area (Å²) >= 11 is 1.64. The molecule has 5 rings (SSSR count). The molecule has 0 aliphatic heterocycles. The van der Waals surface area contributed by atoms with E-state index in [0.29, 0.717) is 17.1 Å². The Balaban J connectivity index is 1.74. The molecule has 126 valence electrons. The highest BCUT2D eigenvalue weighted by Gasteiger charge is 2.16. The van der Waals surface area contributed by atoms with Crippen molar-refractivity contribution >= 4 is 39.0 Å². The van der Waals surface area contributed by atoms with Crippen LogP contribution in [-0.2, 0) is 0 Å². The van der Waals surface area contributed by atoms with Crippen LogP contribution in [0.4, 0.5) is 5.69 Å². The zero-order chi connectivity index (χ0) is 17.7. The van der Waals surface area contributed by atoms with Crippen LogP contribution in [0.25, 0.3) is 44.5 Å². The number of nitrogens with one attached hydrogen (secondary N) is 2. The Hall–Kier alpha value is -3.38. The first-order chi connectivity index (χ1) is 12.7. The third-order valence-corrected chi connectivity index (χ3v) is 5.22. The number of para-hydroxylation sites is 2. The first-order valence-electron chi connectivity index (χ1n) is 8.14. The van der Waals surface area contributed by atoms with Gasteiger partial charge in [-0.1, -0.05) is 24.3 Å². The van der Waals surface area contributed by atoms with Crippen molar-refractivity contribution in [2.24, 2.45) is 0 Å². The molecule has 3 heterocycles. The summed E-state index contributed by atoms with van der Waals surface area (Å²) in [5.41, 5.74) is 11.5. The predicted octanol–water partition coefficient (Wildman–Crippen LogP) is 4.38. The molecule has 0 unspecified atom stereocenters. The third-order valence-electron chi connectivity index (χ3n) is 4.54. The van der Waals surface area contributed by atoms with Crippen molar-refractivity contribution in [2.75, 3.05) is 5.73 Å². The highest BCUT2D eigenvalue weighted by molar-refractivity contribution is 7.08. The lowest BCUT2D eigenvalue weighted by atomic mass is 10.0. The maximum atomic E-state index is 12.7. The van der Waals surface area contributed by atoms with Crippen LogP contribution in [0.1, 0.15) is 0 Å². The Morgan fingerprint density at radius 2 is 1.85 bits per heavy atom. The van der Waals surface area contributed by atoms with E-state index in [1.807, 2.05) is 47.8 Å². The summed E-state index contributed by atoms with van der Waals surface area (Å²) in [7, 11) is 0. The Kier molecular flexibility index (Phi) is 3.20. The molecule has 0 spiro atoms. The predicted molar refractivity (Wildman–Crippen MR) is 107 cm³/mol. The van der Waals surface area contributed by atoms with E-state index in [4.69, 9.17) is 5.73 Å². The Morgan fingerprint density at radius 3 is 2.65 bits per heavy atom. The van der Waals surface area contributed by atoms with E-state index in [1.165, 1.54) is 0 Å². The van der Waals surface area contributed by atoms with E-state index in [2.05, 4.69) is 26.4 Å². The number of fused-ring (bicyclic) bond motifs is 2. The van der Waals surface area contributed by atoms with E-state index >= 15 is 0 Å². The van der Waals surface area contributed by atoms with Gasteiger partial charge in [0.2, 0.25) is 0 Å². The molecule has 26 heavy (non-hydrogen) atoms. The second-order valence-corrected chi connectivity index (χ2v) is 6.90. The minimum atomic E-state index is -0.253. The fourth-order valence-electron chi connectivity index (χ4n) is 3.24. The number of H-pyrrole nitrogens is 2. The molecule has 0 radical (unpaired) electrons. The molecule has 3 aromatic heterocycles. The molecule has 2 aromatic carbocycles. The van der Waals surface area contributed by atoms with Gasteiger partial charge in [0.05, 0.1) is 22.2 Å². The summed E-state index contributed by atoms with van der Waals surface area (Å²) in [5.74, 6) is 0.480. The number of anilines is 1. The van der Waals surface area contributed by atoms with Crippen molar-refractivity contribution in [3.05, 3.63) is 69.6 Å². The quantitative estimate of drug-likeness (QED) is 0.437. The van der Waals surface area contributed by atoms with Crippen LogP contribution in [0.3, 0.4) is 0 Å². The molecule has 5 aromatic rings. The third kappa shape index (κ3) is 2.23. The van der Waals surface area contributed by atoms with Gasteiger partial charge < -0.3 is 15.7 Å². The SMILES string of the molecule is Nc1c(-c2nc3ccccc3[nH]2)c(=O)[nH]c2cc(-c3ccsc3)ccc12.